The van der Waals surface area contributed by atoms with Crippen LogP contribution in [0.5, 0.6) is 0 Å². The van der Waals surface area contributed by atoms with E-state index >= 15 is 0 Å². The van der Waals surface area contributed by atoms with Crippen LogP contribution in [0.15, 0.2) is 15.9 Å². The summed E-state index contributed by atoms with van der Waals surface area (Å²) in [6.07, 6.45) is 5.66. The monoisotopic (exact) mass is 264 g/mol. The van der Waals surface area contributed by atoms with Crippen LogP contribution < -0.4 is 11.2 Å². The van der Waals surface area contributed by atoms with Crippen molar-refractivity contribution in [2.45, 2.75) is 52.0 Å². The molecule has 2 aromatic heterocycles. The Balaban J connectivity index is 2.67. The Morgan fingerprint density at radius 3 is 2.42 bits per heavy atom. The molecule has 2 aromatic rings. The van der Waals surface area contributed by atoms with Crippen molar-refractivity contribution in [1.82, 2.24) is 19.5 Å². The zero-order valence-electron chi connectivity index (χ0n) is 11.6. The third-order valence-electron chi connectivity index (χ3n) is 3.60. The lowest BCUT2D eigenvalue weighted by Gasteiger charge is -2.31. The summed E-state index contributed by atoms with van der Waals surface area (Å²) < 4.78 is 1.94. The molecule has 6 nitrogen and oxygen atoms in total. The molecule has 2 heterocycles. The number of rotatable bonds is 5. The molecule has 0 spiro atoms. The molecule has 19 heavy (non-hydrogen) atoms. The molecule has 0 aliphatic heterocycles. The molecule has 0 amide bonds. The van der Waals surface area contributed by atoms with Gasteiger partial charge in [-0.25, -0.2) is 9.78 Å². The molecule has 6 heteroatoms. The van der Waals surface area contributed by atoms with Crippen molar-refractivity contribution in [3.8, 4) is 0 Å². The van der Waals surface area contributed by atoms with E-state index in [9.17, 15) is 9.59 Å². The van der Waals surface area contributed by atoms with Gasteiger partial charge in [0.25, 0.3) is 5.56 Å². The maximum Gasteiger partial charge on any atom is 0.327 e. The van der Waals surface area contributed by atoms with Crippen LogP contribution in [0.3, 0.4) is 0 Å². The van der Waals surface area contributed by atoms with Crippen LogP contribution in [0.1, 0.15) is 46.5 Å². The molecule has 0 atom stereocenters. The van der Waals surface area contributed by atoms with Gasteiger partial charge in [-0.2, -0.15) is 0 Å². The molecule has 0 bridgehead atoms. The second-order valence-electron chi connectivity index (χ2n) is 5.22. The van der Waals surface area contributed by atoms with Gasteiger partial charge in [-0.05, 0) is 19.8 Å². The molecule has 0 unspecified atom stereocenters. The fourth-order valence-electron chi connectivity index (χ4n) is 2.79. The van der Waals surface area contributed by atoms with E-state index in [-0.39, 0.29) is 11.1 Å². The van der Waals surface area contributed by atoms with E-state index in [0.29, 0.717) is 5.65 Å². The number of nitrogens with zero attached hydrogens (tertiary/aromatic N) is 2. The first-order chi connectivity index (χ1) is 9.01. The summed E-state index contributed by atoms with van der Waals surface area (Å²) in [7, 11) is 0. The number of aromatic amines is 2. The van der Waals surface area contributed by atoms with Gasteiger partial charge in [-0.1, -0.05) is 26.7 Å². The second-order valence-corrected chi connectivity index (χ2v) is 5.22. The van der Waals surface area contributed by atoms with Crippen molar-refractivity contribution in [2.24, 2.45) is 0 Å². The standard InChI is InChI=1S/C13H20N4O2/c1-4-6-13(3,7-5-2)17-8-14-9-10(17)15-12(19)16-11(9)18/h8H,4-7H2,1-3H3,(H2,15,16,18,19). The Hall–Kier alpha value is -1.85. The number of fused-ring (bicyclic) bond motifs is 1. The average molecular weight is 264 g/mol. The Bertz CT molecular complexity index is 674. The van der Waals surface area contributed by atoms with Gasteiger partial charge in [0.15, 0.2) is 5.52 Å². The molecule has 2 rings (SSSR count). The van der Waals surface area contributed by atoms with Crippen LogP contribution in [-0.4, -0.2) is 19.5 Å². The SMILES string of the molecule is CCCC(C)(CCC)n1cnc2c(=O)[nH]c(=O)[nH]c21. The number of aromatic nitrogens is 4. The highest BCUT2D eigenvalue weighted by molar-refractivity contribution is 5.69. The zero-order chi connectivity index (χ0) is 14.0. The van der Waals surface area contributed by atoms with E-state index in [1.165, 1.54) is 0 Å². The highest BCUT2D eigenvalue weighted by Gasteiger charge is 2.27. The number of hydrogen-bond donors (Lipinski definition) is 2. The predicted molar refractivity (Wildman–Crippen MR) is 74.4 cm³/mol. The van der Waals surface area contributed by atoms with Crippen LogP contribution >= 0.6 is 0 Å². The molecule has 0 fully saturated rings. The van der Waals surface area contributed by atoms with Crippen LogP contribution in [0.4, 0.5) is 0 Å². The van der Waals surface area contributed by atoms with Crippen molar-refractivity contribution in [3.05, 3.63) is 27.2 Å². The van der Waals surface area contributed by atoms with E-state index < -0.39 is 11.2 Å². The first-order valence-electron chi connectivity index (χ1n) is 6.72. The molecule has 0 saturated heterocycles. The topological polar surface area (TPSA) is 83.5 Å². The van der Waals surface area contributed by atoms with Crippen molar-refractivity contribution in [3.63, 3.8) is 0 Å². The van der Waals surface area contributed by atoms with Gasteiger partial charge in [-0.3, -0.25) is 14.8 Å². The van der Waals surface area contributed by atoms with Gasteiger partial charge in [0.05, 0.1) is 6.33 Å². The first kappa shape index (κ1) is 13.6. The quantitative estimate of drug-likeness (QED) is 0.862. The largest absolute Gasteiger partial charge is 0.327 e. The third-order valence-corrected chi connectivity index (χ3v) is 3.60. The van der Waals surface area contributed by atoms with E-state index in [1.807, 2.05) is 4.57 Å². The van der Waals surface area contributed by atoms with Gasteiger partial charge in [0.1, 0.15) is 5.65 Å². The number of hydrogen-bond acceptors (Lipinski definition) is 3. The molecular formula is C13H20N4O2. The molecule has 0 radical (unpaired) electrons. The molecule has 0 aliphatic carbocycles. The Morgan fingerprint density at radius 1 is 1.21 bits per heavy atom. The van der Waals surface area contributed by atoms with Crippen molar-refractivity contribution in [2.75, 3.05) is 0 Å². The fraction of sp³-hybridized carbons (Fsp3) is 0.615. The van der Waals surface area contributed by atoms with E-state index in [1.54, 1.807) is 6.33 Å². The van der Waals surface area contributed by atoms with E-state index in [2.05, 4.69) is 35.7 Å². The van der Waals surface area contributed by atoms with Crippen LogP contribution in [0.25, 0.3) is 11.2 Å². The highest BCUT2D eigenvalue weighted by atomic mass is 16.2. The maximum absolute atomic E-state index is 11.7. The van der Waals surface area contributed by atoms with Gasteiger partial charge in [0, 0.05) is 5.54 Å². The molecule has 2 N–H and O–H groups in total. The van der Waals surface area contributed by atoms with Crippen molar-refractivity contribution >= 4 is 11.2 Å². The highest BCUT2D eigenvalue weighted by Crippen LogP contribution is 2.29. The van der Waals surface area contributed by atoms with Gasteiger partial charge in [-0.15, -0.1) is 0 Å². The third kappa shape index (κ3) is 2.34. The minimum Gasteiger partial charge on any atom is -0.311 e. The molecule has 0 saturated carbocycles. The summed E-state index contributed by atoms with van der Waals surface area (Å²) in [5.41, 5.74) is -0.256. The smallest absolute Gasteiger partial charge is 0.311 e. The van der Waals surface area contributed by atoms with E-state index in [0.717, 1.165) is 25.7 Å². The summed E-state index contributed by atoms with van der Waals surface area (Å²) in [6, 6.07) is 0. The summed E-state index contributed by atoms with van der Waals surface area (Å²) in [4.78, 5) is 32.2. The summed E-state index contributed by atoms with van der Waals surface area (Å²) in [5.74, 6) is 0. The summed E-state index contributed by atoms with van der Waals surface area (Å²) >= 11 is 0. The summed E-state index contributed by atoms with van der Waals surface area (Å²) in [6.45, 7) is 6.39. The van der Waals surface area contributed by atoms with Crippen LogP contribution in [0.2, 0.25) is 0 Å². The predicted octanol–water partition coefficient (Wildman–Crippen LogP) is 1.73. The van der Waals surface area contributed by atoms with Crippen molar-refractivity contribution < 1.29 is 0 Å². The number of nitrogens with one attached hydrogen (secondary N) is 2. The van der Waals surface area contributed by atoms with Gasteiger partial charge in [0.2, 0.25) is 0 Å². The Labute approximate surface area is 110 Å². The number of imidazole rings is 1. The van der Waals surface area contributed by atoms with Gasteiger partial charge < -0.3 is 4.57 Å². The first-order valence-corrected chi connectivity index (χ1v) is 6.72. The lowest BCUT2D eigenvalue weighted by Crippen LogP contribution is -2.31. The molecule has 0 aromatic carbocycles. The van der Waals surface area contributed by atoms with Gasteiger partial charge >= 0.3 is 5.69 Å². The fourth-order valence-corrected chi connectivity index (χ4v) is 2.79. The van der Waals surface area contributed by atoms with Crippen LogP contribution in [-0.2, 0) is 5.54 Å². The maximum atomic E-state index is 11.7. The summed E-state index contributed by atoms with van der Waals surface area (Å²) in [5, 5.41) is 0. The van der Waals surface area contributed by atoms with Crippen LogP contribution in [0, 0.1) is 0 Å². The van der Waals surface area contributed by atoms with Crippen molar-refractivity contribution in [1.29, 1.82) is 0 Å². The molecule has 104 valence electrons. The lowest BCUT2D eigenvalue weighted by atomic mass is 9.90. The Kier molecular flexibility index (Phi) is 3.59. The number of H-pyrrole nitrogens is 2. The molecule has 0 aliphatic rings. The molecular weight excluding hydrogens is 244 g/mol. The average Bonchev–Trinajstić information content (AvgIpc) is 2.74. The normalized spacial score (nSPS) is 12.2. The Morgan fingerprint density at radius 2 is 1.84 bits per heavy atom. The second kappa shape index (κ2) is 5.03. The lowest BCUT2D eigenvalue weighted by molar-refractivity contribution is 0.271. The zero-order valence-corrected chi connectivity index (χ0v) is 11.6. The minimum absolute atomic E-state index is 0.130. The van der Waals surface area contributed by atoms with E-state index in [4.69, 9.17) is 0 Å². The minimum atomic E-state index is -0.491.